The van der Waals surface area contributed by atoms with Crippen LogP contribution in [0.25, 0.3) is 0 Å². The maximum atomic E-state index is 12.7. The number of benzene rings is 2. The Morgan fingerprint density at radius 2 is 1.73 bits per heavy atom. The average molecular weight is 372 g/mol. The molecule has 7 nitrogen and oxygen atoms in total. The molecule has 1 aliphatic rings. The van der Waals surface area contributed by atoms with Crippen LogP contribution < -0.4 is 5.32 Å². The summed E-state index contributed by atoms with van der Waals surface area (Å²) in [7, 11) is -2.24. The largest absolute Gasteiger partial charge is 0.321 e. The van der Waals surface area contributed by atoms with Crippen LogP contribution in [-0.2, 0) is 9.84 Å². The molecule has 0 radical (unpaired) electrons. The van der Waals surface area contributed by atoms with Gasteiger partial charge in [-0.25, -0.2) is 8.42 Å². The van der Waals surface area contributed by atoms with Crippen LogP contribution in [0.5, 0.6) is 0 Å². The third kappa shape index (κ3) is 2.78. The van der Waals surface area contributed by atoms with Gasteiger partial charge in [-0.05, 0) is 24.3 Å². The molecule has 2 aromatic rings. The molecule has 0 spiro atoms. The zero-order chi connectivity index (χ0) is 19.1. The molecule has 2 aromatic carbocycles. The van der Waals surface area contributed by atoms with Crippen LogP contribution in [0.1, 0.15) is 38.0 Å². The smallest absolute Gasteiger partial charge is 0.263 e. The summed E-state index contributed by atoms with van der Waals surface area (Å²) in [6.45, 7) is 1.49. The molecule has 3 amide bonds. The fourth-order valence-corrected chi connectivity index (χ4v) is 3.87. The van der Waals surface area contributed by atoms with E-state index >= 15 is 0 Å². The molecule has 0 unspecified atom stereocenters. The summed E-state index contributed by atoms with van der Waals surface area (Å²) in [5, 5.41) is 2.56. The standard InChI is InChI=1S/C18H16N2O5S/c1-3-26(24,25)14-10-5-4-7-11(14)16(21)19-13-9-6-8-12-15(13)18(23)20(2)17(12)22/h4-10H,3H2,1-2H3,(H,19,21). The number of carbonyl (C=O) groups is 3. The van der Waals surface area contributed by atoms with E-state index in [4.69, 9.17) is 0 Å². The topological polar surface area (TPSA) is 101 Å². The van der Waals surface area contributed by atoms with Crippen LogP contribution in [-0.4, -0.2) is 43.8 Å². The molecule has 26 heavy (non-hydrogen) atoms. The van der Waals surface area contributed by atoms with Gasteiger partial charge in [-0.3, -0.25) is 19.3 Å². The molecule has 1 N–H and O–H groups in total. The predicted octanol–water partition coefficient (Wildman–Crippen LogP) is 1.96. The second-order valence-electron chi connectivity index (χ2n) is 5.75. The van der Waals surface area contributed by atoms with Crippen molar-refractivity contribution in [1.82, 2.24) is 4.90 Å². The Labute approximate surface area is 150 Å². The Bertz CT molecular complexity index is 1040. The average Bonchev–Trinajstić information content (AvgIpc) is 2.87. The first kappa shape index (κ1) is 17.8. The Kier molecular flexibility index (Phi) is 4.37. The Balaban J connectivity index is 2.03. The van der Waals surface area contributed by atoms with E-state index in [0.717, 1.165) is 4.90 Å². The number of anilines is 1. The Hall–Kier alpha value is -3.00. The van der Waals surface area contributed by atoms with Gasteiger partial charge < -0.3 is 5.32 Å². The molecule has 0 aromatic heterocycles. The minimum absolute atomic E-state index is 0.0166. The number of amides is 3. The normalized spacial score (nSPS) is 13.7. The summed E-state index contributed by atoms with van der Waals surface area (Å²) in [6, 6.07) is 10.4. The third-order valence-electron chi connectivity index (χ3n) is 4.21. The molecule has 0 aliphatic carbocycles. The SMILES string of the molecule is CCS(=O)(=O)c1ccccc1C(=O)Nc1cccc2c1C(=O)N(C)C2=O. The van der Waals surface area contributed by atoms with E-state index in [2.05, 4.69) is 5.32 Å². The van der Waals surface area contributed by atoms with Gasteiger partial charge in [0.15, 0.2) is 9.84 Å². The van der Waals surface area contributed by atoms with Crippen molar-refractivity contribution >= 4 is 33.2 Å². The van der Waals surface area contributed by atoms with Gasteiger partial charge in [0.05, 0.1) is 33.0 Å². The summed E-state index contributed by atoms with van der Waals surface area (Å²) in [6.07, 6.45) is 0. The summed E-state index contributed by atoms with van der Waals surface area (Å²) >= 11 is 0. The molecule has 0 atom stereocenters. The van der Waals surface area contributed by atoms with Crippen molar-refractivity contribution in [3.05, 3.63) is 59.2 Å². The van der Waals surface area contributed by atoms with Crippen molar-refractivity contribution in [3.8, 4) is 0 Å². The van der Waals surface area contributed by atoms with Gasteiger partial charge in [-0.1, -0.05) is 25.1 Å². The maximum Gasteiger partial charge on any atom is 0.263 e. The molecular weight excluding hydrogens is 356 g/mol. The number of nitrogens with zero attached hydrogens (tertiary/aromatic N) is 1. The first-order chi connectivity index (χ1) is 12.3. The number of hydrogen-bond acceptors (Lipinski definition) is 5. The van der Waals surface area contributed by atoms with E-state index in [1.54, 1.807) is 12.1 Å². The van der Waals surface area contributed by atoms with Crippen LogP contribution in [0.3, 0.4) is 0 Å². The van der Waals surface area contributed by atoms with E-state index in [0.29, 0.717) is 0 Å². The van der Waals surface area contributed by atoms with Crippen molar-refractivity contribution in [2.75, 3.05) is 18.1 Å². The first-order valence-electron chi connectivity index (χ1n) is 7.86. The Morgan fingerprint density at radius 3 is 2.42 bits per heavy atom. The number of rotatable bonds is 4. The van der Waals surface area contributed by atoms with E-state index in [9.17, 15) is 22.8 Å². The van der Waals surface area contributed by atoms with Crippen LogP contribution in [0.2, 0.25) is 0 Å². The lowest BCUT2D eigenvalue weighted by atomic mass is 10.1. The number of carbonyl (C=O) groups excluding carboxylic acids is 3. The molecule has 8 heteroatoms. The van der Waals surface area contributed by atoms with Crippen LogP contribution >= 0.6 is 0 Å². The second kappa shape index (κ2) is 6.38. The molecule has 1 heterocycles. The summed E-state index contributed by atoms with van der Waals surface area (Å²) in [4.78, 5) is 37.9. The van der Waals surface area contributed by atoms with Crippen molar-refractivity contribution in [1.29, 1.82) is 0 Å². The number of hydrogen-bond donors (Lipinski definition) is 1. The number of nitrogens with one attached hydrogen (secondary N) is 1. The summed E-state index contributed by atoms with van der Waals surface area (Å²) in [5.41, 5.74) is 0.449. The zero-order valence-electron chi connectivity index (χ0n) is 14.1. The highest BCUT2D eigenvalue weighted by atomic mass is 32.2. The molecular formula is C18H16N2O5S. The molecule has 0 fully saturated rings. The van der Waals surface area contributed by atoms with Crippen LogP contribution in [0, 0.1) is 0 Å². The highest BCUT2D eigenvalue weighted by Crippen LogP contribution is 2.29. The fourth-order valence-electron chi connectivity index (χ4n) is 2.78. The molecule has 3 rings (SSSR count). The van der Waals surface area contributed by atoms with Crippen molar-refractivity contribution < 1.29 is 22.8 Å². The lowest BCUT2D eigenvalue weighted by molar-refractivity contribution is 0.0693. The zero-order valence-corrected chi connectivity index (χ0v) is 15.0. The highest BCUT2D eigenvalue weighted by Gasteiger charge is 2.35. The van der Waals surface area contributed by atoms with Crippen LogP contribution in [0.4, 0.5) is 5.69 Å². The lowest BCUT2D eigenvalue weighted by Gasteiger charge is -2.12. The number of fused-ring (bicyclic) bond motifs is 1. The predicted molar refractivity (Wildman–Crippen MR) is 95.0 cm³/mol. The summed E-state index contributed by atoms with van der Waals surface area (Å²) < 4.78 is 24.4. The maximum absolute atomic E-state index is 12.7. The quantitative estimate of drug-likeness (QED) is 0.827. The number of imide groups is 1. The van der Waals surface area contributed by atoms with Gasteiger partial charge >= 0.3 is 0 Å². The van der Waals surface area contributed by atoms with E-state index in [-0.39, 0.29) is 33.0 Å². The van der Waals surface area contributed by atoms with E-state index in [1.807, 2.05) is 0 Å². The molecule has 134 valence electrons. The monoisotopic (exact) mass is 372 g/mol. The lowest BCUT2D eigenvalue weighted by Crippen LogP contribution is -2.24. The van der Waals surface area contributed by atoms with Gasteiger partial charge in [0.1, 0.15) is 0 Å². The van der Waals surface area contributed by atoms with Gasteiger partial charge in [-0.15, -0.1) is 0 Å². The van der Waals surface area contributed by atoms with Crippen molar-refractivity contribution in [3.63, 3.8) is 0 Å². The van der Waals surface area contributed by atoms with Gasteiger partial charge in [0.2, 0.25) is 0 Å². The second-order valence-corrected chi connectivity index (χ2v) is 8.00. The minimum Gasteiger partial charge on any atom is -0.321 e. The van der Waals surface area contributed by atoms with Crippen molar-refractivity contribution in [2.24, 2.45) is 0 Å². The highest BCUT2D eigenvalue weighted by molar-refractivity contribution is 7.91. The fraction of sp³-hybridized carbons (Fsp3) is 0.167. The van der Waals surface area contributed by atoms with Gasteiger partial charge in [0.25, 0.3) is 17.7 Å². The number of sulfone groups is 1. The van der Waals surface area contributed by atoms with Crippen LogP contribution in [0.15, 0.2) is 47.4 Å². The Morgan fingerprint density at radius 1 is 1.04 bits per heavy atom. The van der Waals surface area contributed by atoms with Crippen molar-refractivity contribution in [2.45, 2.75) is 11.8 Å². The third-order valence-corrected chi connectivity index (χ3v) is 6.00. The molecule has 0 saturated heterocycles. The summed E-state index contributed by atoms with van der Waals surface area (Å²) in [5.74, 6) is -1.78. The first-order valence-corrected chi connectivity index (χ1v) is 9.51. The minimum atomic E-state index is -3.60. The molecule has 0 saturated carbocycles. The van der Waals surface area contributed by atoms with E-state index < -0.39 is 27.6 Å². The van der Waals surface area contributed by atoms with E-state index in [1.165, 1.54) is 44.3 Å². The molecule has 0 bridgehead atoms. The van der Waals surface area contributed by atoms with Gasteiger partial charge in [0, 0.05) is 7.05 Å². The van der Waals surface area contributed by atoms with Gasteiger partial charge in [-0.2, -0.15) is 0 Å². The molecule has 1 aliphatic heterocycles.